The number of nitrogens with two attached hydrogens (primary N) is 3. The van der Waals surface area contributed by atoms with Crippen molar-refractivity contribution in [3.63, 3.8) is 0 Å². The molecule has 0 unspecified atom stereocenters. The van der Waals surface area contributed by atoms with Crippen LogP contribution in [0.1, 0.15) is 12.8 Å². The smallest absolute Gasteiger partial charge is 0.370 e. The van der Waals surface area contributed by atoms with Gasteiger partial charge in [-0.25, -0.2) is 0 Å². The summed E-state index contributed by atoms with van der Waals surface area (Å²) in [5, 5.41) is 0. The van der Waals surface area contributed by atoms with Gasteiger partial charge in [0.05, 0.1) is 6.04 Å². The first-order valence-electron chi connectivity index (χ1n) is 4.13. The van der Waals surface area contributed by atoms with Crippen molar-refractivity contribution >= 4 is 22.6 Å². The highest BCUT2D eigenvalue weighted by Gasteiger charge is 1.97. The van der Waals surface area contributed by atoms with E-state index in [-0.39, 0.29) is 12.0 Å². The van der Waals surface area contributed by atoms with Crippen LogP contribution >= 0.6 is 0 Å². The van der Waals surface area contributed by atoms with Crippen LogP contribution in [0.5, 0.6) is 0 Å². The molecular weight excluding hydrogens is 240 g/mol. The second-order valence-corrected chi connectivity index (χ2v) is 3.59. The van der Waals surface area contributed by atoms with Crippen molar-refractivity contribution in [1.29, 1.82) is 0 Å². The van der Waals surface area contributed by atoms with Crippen LogP contribution in [0.4, 0.5) is 0 Å². The van der Waals surface area contributed by atoms with E-state index in [4.69, 9.17) is 34.7 Å². The average molecular weight is 256 g/mol. The summed E-state index contributed by atoms with van der Waals surface area (Å²) in [6.45, 7) is 0.532. The molecule has 0 saturated heterocycles. The van der Waals surface area contributed by atoms with Crippen LogP contribution in [0.2, 0.25) is 0 Å². The number of guanidine groups is 1. The second kappa shape index (κ2) is 9.03. The quantitative estimate of drug-likeness (QED) is 0.122. The molecule has 0 bridgehead atoms. The molecule has 0 aliphatic rings. The molecule has 0 aromatic carbocycles. The van der Waals surface area contributed by atoms with Crippen molar-refractivity contribution in [3.8, 4) is 0 Å². The summed E-state index contributed by atoms with van der Waals surface area (Å²) in [5.74, 6) is 0.0738. The third kappa shape index (κ3) is 29.3. The van der Waals surface area contributed by atoms with Gasteiger partial charge >= 0.3 is 10.4 Å². The summed E-state index contributed by atoms with van der Waals surface area (Å²) >= 11 is 0. The van der Waals surface area contributed by atoms with Crippen LogP contribution < -0.4 is 17.2 Å². The molecule has 0 amide bonds. The number of hydrogen-bond acceptors (Lipinski definition) is 5. The Morgan fingerprint density at radius 1 is 1.38 bits per heavy atom. The lowest BCUT2D eigenvalue weighted by atomic mass is 10.2. The first-order chi connectivity index (χ1) is 7.16. The lowest BCUT2D eigenvalue weighted by Crippen LogP contribution is -2.24. The third-order valence-corrected chi connectivity index (χ3v) is 1.16. The molecule has 96 valence electrons. The molecule has 8 N–H and O–H groups in total. The Morgan fingerprint density at radius 3 is 2.12 bits per heavy atom. The Labute approximate surface area is 93.3 Å². The molecule has 10 heteroatoms. The average Bonchev–Trinajstić information content (AvgIpc) is 2.09. The first kappa shape index (κ1) is 17.2. The van der Waals surface area contributed by atoms with Gasteiger partial charge in [0.15, 0.2) is 5.96 Å². The molecule has 0 spiro atoms. The predicted molar refractivity (Wildman–Crippen MR) is 58.1 cm³/mol. The van der Waals surface area contributed by atoms with Crippen molar-refractivity contribution in [1.82, 2.24) is 0 Å². The number of carbonyl (C=O) groups is 1. The highest BCUT2D eigenvalue weighted by atomic mass is 32.3. The fourth-order valence-electron chi connectivity index (χ4n) is 0.603. The van der Waals surface area contributed by atoms with E-state index in [2.05, 4.69) is 4.99 Å². The van der Waals surface area contributed by atoms with Crippen LogP contribution in [0, 0.1) is 0 Å². The summed E-state index contributed by atoms with van der Waals surface area (Å²) < 4.78 is 31.6. The zero-order chi connectivity index (χ0) is 13.2. The molecule has 0 rings (SSSR count). The fourth-order valence-corrected chi connectivity index (χ4v) is 0.603. The molecule has 0 fully saturated rings. The van der Waals surface area contributed by atoms with Crippen LogP contribution in [0.15, 0.2) is 4.99 Å². The Morgan fingerprint density at radius 2 is 1.81 bits per heavy atom. The second-order valence-electron chi connectivity index (χ2n) is 2.70. The van der Waals surface area contributed by atoms with Gasteiger partial charge in [0.25, 0.3) is 0 Å². The minimum atomic E-state index is -4.67. The molecule has 0 radical (unpaired) electrons. The SMILES string of the molecule is NC(N)=NCCC[C@H](N)C=O.O=S(=O)(O)O. The highest BCUT2D eigenvalue weighted by molar-refractivity contribution is 7.79. The summed E-state index contributed by atoms with van der Waals surface area (Å²) in [5.41, 5.74) is 15.4. The normalized spacial score (nSPS) is 11.9. The number of aldehydes is 1. The fraction of sp³-hybridized carbons (Fsp3) is 0.667. The number of hydrogen-bond donors (Lipinski definition) is 5. The molecule has 0 heterocycles. The van der Waals surface area contributed by atoms with E-state index in [1.807, 2.05) is 0 Å². The summed E-state index contributed by atoms with van der Waals surface area (Å²) in [4.78, 5) is 13.8. The lowest BCUT2D eigenvalue weighted by Gasteiger charge is -2.00. The summed E-state index contributed by atoms with van der Waals surface area (Å²) in [6.07, 6.45) is 2.08. The molecule has 0 aromatic rings. The highest BCUT2D eigenvalue weighted by Crippen LogP contribution is 1.91. The number of aliphatic imine (C=N–C) groups is 1. The Kier molecular flexibility index (Phi) is 9.69. The van der Waals surface area contributed by atoms with E-state index >= 15 is 0 Å². The van der Waals surface area contributed by atoms with E-state index in [1.165, 1.54) is 0 Å². The van der Waals surface area contributed by atoms with Gasteiger partial charge in [-0.05, 0) is 12.8 Å². The van der Waals surface area contributed by atoms with Gasteiger partial charge in [-0.1, -0.05) is 0 Å². The van der Waals surface area contributed by atoms with Gasteiger partial charge in [-0.2, -0.15) is 8.42 Å². The maximum Gasteiger partial charge on any atom is 0.394 e. The van der Waals surface area contributed by atoms with E-state index in [1.54, 1.807) is 0 Å². The van der Waals surface area contributed by atoms with Crippen molar-refractivity contribution in [2.45, 2.75) is 18.9 Å². The van der Waals surface area contributed by atoms with Crippen molar-refractivity contribution in [2.75, 3.05) is 6.54 Å². The van der Waals surface area contributed by atoms with Crippen molar-refractivity contribution in [3.05, 3.63) is 0 Å². The molecule has 0 aliphatic carbocycles. The molecule has 1 atom stereocenters. The van der Waals surface area contributed by atoms with Gasteiger partial charge in [-0.3, -0.25) is 14.1 Å². The largest absolute Gasteiger partial charge is 0.394 e. The van der Waals surface area contributed by atoms with E-state index in [0.717, 1.165) is 12.7 Å². The van der Waals surface area contributed by atoms with E-state index < -0.39 is 10.4 Å². The van der Waals surface area contributed by atoms with Gasteiger partial charge in [0, 0.05) is 6.54 Å². The van der Waals surface area contributed by atoms with Gasteiger partial charge in [0.1, 0.15) is 6.29 Å². The molecule has 0 aliphatic heterocycles. The van der Waals surface area contributed by atoms with Crippen molar-refractivity contribution < 1.29 is 22.3 Å². The molecular formula is C6H16N4O5S. The van der Waals surface area contributed by atoms with Crippen LogP contribution in [-0.2, 0) is 15.2 Å². The minimum absolute atomic E-state index is 0.0738. The lowest BCUT2D eigenvalue weighted by molar-refractivity contribution is -0.109. The maximum atomic E-state index is 10.0. The maximum absolute atomic E-state index is 10.0. The predicted octanol–water partition coefficient (Wildman–Crippen LogP) is -2.09. The van der Waals surface area contributed by atoms with Crippen LogP contribution in [0.3, 0.4) is 0 Å². The monoisotopic (exact) mass is 256 g/mol. The first-order valence-corrected chi connectivity index (χ1v) is 5.52. The molecule has 16 heavy (non-hydrogen) atoms. The van der Waals surface area contributed by atoms with E-state index in [0.29, 0.717) is 13.0 Å². The van der Waals surface area contributed by atoms with Gasteiger partial charge in [0.2, 0.25) is 0 Å². The molecule has 0 saturated carbocycles. The van der Waals surface area contributed by atoms with Crippen molar-refractivity contribution in [2.24, 2.45) is 22.2 Å². The number of rotatable bonds is 5. The zero-order valence-corrected chi connectivity index (χ0v) is 9.30. The zero-order valence-electron chi connectivity index (χ0n) is 8.48. The standard InChI is InChI=1S/C6H14N4O.H2O4S/c7-5(4-11)2-1-3-10-6(8)9;1-5(2,3)4/h4-5H,1-3,7H2,(H4,8,9,10);(H2,1,2,3,4)/t5-;/m0./s1. The molecule has 9 nitrogen and oxygen atoms in total. The topological polar surface area (TPSA) is 182 Å². The Hall–Kier alpha value is -1.23. The number of carbonyl (C=O) groups excluding carboxylic acids is 1. The van der Waals surface area contributed by atoms with Gasteiger partial charge in [-0.15, -0.1) is 0 Å². The third-order valence-electron chi connectivity index (χ3n) is 1.16. The van der Waals surface area contributed by atoms with E-state index in [9.17, 15) is 4.79 Å². The van der Waals surface area contributed by atoms with Crippen LogP contribution in [-0.4, -0.2) is 42.4 Å². The number of nitrogens with zero attached hydrogens (tertiary/aromatic N) is 1. The summed E-state index contributed by atoms with van der Waals surface area (Å²) in [6, 6.07) is -0.385. The van der Waals surface area contributed by atoms with Gasteiger partial charge < -0.3 is 22.0 Å². The Bertz CT molecular complexity index is 303. The minimum Gasteiger partial charge on any atom is -0.370 e. The molecule has 0 aromatic heterocycles. The Balaban J connectivity index is 0. The van der Waals surface area contributed by atoms with Crippen LogP contribution in [0.25, 0.3) is 0 Å². The summed E-state index contributed by atoms with van der Waals surface area (Å²) in [7, 11) is -4.67.